The molecule has 2 N–H and O–H groups in total. The van der Waals surface area contributed by atoms with Crippen molar-refractivity contribution in [3.63, 3.8) is 0 Å². The Morgan fingerprint density at radius 3 is 2.37 bits per heavy atom. The maximum absolute atomic E-state index is 12.7. The molecule has 1 saturated heterocycles. The van der Waals surface area contributed by atoms with Gasteiger partial charge in [0.15, 0.2) is 0 Å². The highest BCUT2D eigenvalue weighted by Gasteiger charge is 2.19. The Labute approximate surface area is 160 Å². The quantitative estimate of drug-likeness (QED) is 0.813. The van der Waals surface area contributed by atoms with E-state index in [-0.39, 0.29) is 12.2 Å². The summed E-state index contributed by atoms with van der Waals surface area (Å²) in [4.78, 5) is 24.7. The van der Waals surface area contributed by atoms with Crippen molar-refractivity contribution in [1.82, 2.24) is 14.9 Å². The van der Waals surface area contributed by atoms with Crippen LogP contribution in [-0.2, 0) is 6.42 Å². The molecule has 6 heteroatoms. The first-order valence-electron chi connectivity index (χ1n) is 9.74. The zero-order valence-corrected chi connectivity index (χ0v) is 16.5. The summed E-state index contributed by atoms with van der Waals surface area (Å²) in [6.07, 6.45) is 0.594. The summed E-state index contributed by atoms with van der Waals surface area (Å²) < 4.78 is 0. The Balaban J connectivity index is 1.72. The van der Waals surface area contributed by atoms with E-state index in [1.54, 1.807) is 0 Å². The summed E-state index contributed by atoms with van der Waals surface area (Å²) in [6, 6.07) is 8.47. The SMILES string of the molecule is Cc1nc(N2CCN(CCO)CC2)[nH]c(=O)c1Cc1ccc(C(C)C)cc1. The van der Waals surface area contributed by atoms with Crippen LogP contribution < -0.4 is 10.5 Å². The molecular weight excluding hydrogens is 340 g/mol. The second-order valence-electron chi connectivity index (χ2n) is 7.58. The predicted molar refractivity (Wildman–Crippen MR) is 109 cm³/mol. The van der Waals surface area contributed by atoms with Gasteiger partial charge < -0.3 is 10.0 Å². The first-order valence-corrected chi connectivity index (χ1v) is 9.74. The fourth-order valence-corrected chi connectivity index (χ4v) is 3.50. The van der Waals surface area contributed by atoms with E-state index < -0.39 is 0 Å². The number of nitrogens with one attached hydrogen (secondary N) is 1. The van der Waals surface area contributed by atoms with Gasteiger partial charge in [-0.15, -0.1) is 0 Å². The average molecular weight is 370 g/mol. The molecule has 0 amide bonds. The van der Waals surface area contributed by atoms with Crippen molar-refractivity contribution in [1.29, 1.82) is 0 Å². The van der Waals surface area contributed by atoms with Gasteiger partial charge in [-0.3, -0.25) is 14.7 Å². The van der Waals surface area contributed by atoms with Crippen molar-refractivity contribution in [2.45, 2.75) is 33.1 Å². The second-order valence-corrected chi connectivity index (χ2v) is 7.58. The number of H-pyrrole nitrogens is 1. The van der Waals surface area contributed by atoms with Gasteiger partial charge in [-0.2, -0.15) is 0 Å². The molecule has 2 heterocycles. The van der Waals surface area contributed by atoms with E-state index in [2.05, 4.69) is 57.9 Å². The van der Waals surface area contributed by atoms with Crippen molar-refractivity contribution >= 4 is 5.95 Å². The Morgan fingerprint density at radius 2 is 1.81 bits per heavy atom. The number of benzene rings is 1. The third kappa shape index (κ3) is 4.76. The molecule has 1 aliphatic rings. The van der Waals surface area contributed by atoms with Gasteiger partial charge in [0, 0.05) is 44.7 Å². The third-order valence-electron chi connectivity index (χ3n) is 5.33. The van der Waals surface area contributed by atoms with E-state index >= 15 is 0 Å². The van der Waals surface area contributed by atoms with Crippen molar-refractivity contribution in [3.05, 3.63) is 57.0 Å². The van der Waals surface area contributed by atoms with E-state index in [0.29, 0.717) is 24.8 Å². The summed E-state index contributed by atoms with van der Waals surface area (Å²) in [6.45, 7) is 10.5. The number of rotatable bonds is 6. The van der Waals surface area contributed by atoms with Gasteiger partial charge in [0.25, 0.3) is 5.56 Å². The van der Waals surface area contributed by atoms with Gasteiger partial charge >= 0.3 is 0 Å². The molecule has 0 spiro atoms. The second kappa shape index (κ2) is 8.67. The molecule has 6 nitrogen and oxygen atoms in total. The van der Waals surface area contributed by atoms with Crippen LogP contribution in [0.1, 0.15) is 42.1 Å². The number of aryl methyl sites for hydroxylation is 1. The molecule has 0 aliphatic carbocycles. The van der Waals surface area contributed by atoms with Crippen LogP contribution in [0.5, 0.6) is 0 Å². The zero-order valence-electron chi connectivity index (χ0n) is 16.5. The molecular formula is C21H30N4O2. The highest BCUT2D eigenvalue weighted by molar-refractivity contribution is 5.36. The fraction of sp³-hybridized carbons (Fsp3) is 0.524. The lowest BCUT2D eigenvalue weighted by atomic mass is 9.99. The lowest BCUT2D eigenvalue weighted by Gasteiger charge is -2.34. The Hall–Kier alpha value is -2.18. The molecule has 0 bridgehead atoms. The molecule has 3 rings (SSSR count). The Bertz CT molecular complexity index is 806. The molecule has 1 aromatic carbocycles. The summed E-state index contributed by atoms with van der Waals surface area (Å²) in [5.74, 6) is 1.16. The maximum atomic E-state index is 12.7. The molecule has 0 saturated carbocycles. The number of aromatic nitrogens is 2. The van der Waals surface area contributed by atoms with Crippen LogP contribution in [0, 0.1) is 6.92 Å². The minimum absolute atomic E-state index is 0.0526. The van der Waals surface area contributed by atoms with E-state index in [1.165, 1.54) is 5.56 Å². The summed E-state index contributed by atoms with van der Waals surface area (Å²) in [7, 11) is 0. The van der Waals surface area contributed by atoms with Crippen molar-refractivity contribution in [3.8, 4) is 0 Å². The lowest BCUT2D eigenvalue weighted by molar-refractivity contribution is 0.188. The Kier molecular flexibility index (Phi) is 6.29. The van der Waals surface area contributed by atoms with Gasteiger partial charge in [-0.05, 0) is 24.0 Å². The number of hydrogen-bond acceptors (Lipinski definition) is 5. The van der Waals surface area contributed by atoms with Gasteiger partial charge in [0.05, 0.1) is 12.3 Å². The topological polar surface area (TPSA) is 72.5 Å². The largest absolute Gasteiger partial charge is 0.395 e. The monoisotopic (exact) mass is 370 g/mol. The van der Waals surface area contributed by atoms with Gasteiger partial charge in [-0.25, -0.2) is 4.98 Å². The number of hydrogen-bond donors (Lipinski definition) is 2. The van der Waals surface area contributed by atoms with Crippen LogP contribution in [-0.4, -0.2) is 59.3 Å². The first kappa shape index (κ1) is 19.6. The molecule has 1 fully saturated rings. The molecule has 27 heavy (non-hydrogen) atoms. The summed E-state index contributed by atoms with van der Waals surface area (Å²) >= 11 is 0. The van der Waals surface area contributed by atoms with E-state index in [0.717, 1.165) is 43.0 Å². The van der Waals surface area contributed by atoms with Gasteiger partial charge in [-0.1, -0.05) is 38.1 Å². The standard InChI is InChI=1S/C21H30N4O2/c1-15(2)18-6-4-17(5-7-18)14-19-16(3)22-21(23-20(19)27)25-10-8-24(9-11-25)12-13-26/h4-7,15,26H,8-14H2,1-3H3,(H,22,23,27). The number of β-amino-alcohol motifs (C(OH)–C–C–N with tert-alkyl or cyclic N) is 1. The smallest absolute Gasteiger partial charge is 0.256 e. The number of aliphatic hydroxyl groups excluding tert-OH is 1. The van der Waals surface area contributed by atoms with E-state index in [1.807, 2.05) is 6.92 Å². The van der Waals surface area contributed by atoms with Crippen LogP contribution in [0.15, 0.2) is 29.1 Å². The normalized spacial score (nSPS) is 15.5. The lowest BCUT2D eigenvalue weighted by Crippen LogP contribution is -2.48. The van der Waals surface area contributed by atoms with Crippen molar-refractivity contribution in [2.24, 2.45) is 0 Å². The van der Waals surface area contributed by atoms with Crippen LogP contribution in [0.25, 0.3) is 0 Å². The molecule has 2 aromatic rings. The van der Waals surface area contributed by atoms with Gasteiger partial charge in [0.2, 0.25) is 5.95 Å². The fourth-order valence-electron chi connectivity index (χ4n) is 3.50. The van der Waals surface area contributed by atoms with Crippen LogP contribution in [0.2, 0.25) is 0 Å². The zero-order chi connectivity index (χ0) is 19.4. The number of nitrogens with zero attached hydrogens (tertiary/aromatic N) is 3. The molecule has 1 aliphatic heterocycles. The van der Waals surface area contributed by atoms with Crippen LogP contribution >= 0.6 is 0 Å². The number of aliphatic hydroxyl groups is 1. The minimum Gasteiger partial charge on any atom is -0.395 e. The average Bonchev–Trinajstić information content (AvgIpc) is 2.66. The molecule has 146 valence electrons. The Morgan fingerprint density at radius 1 is 1.15 bits per heavy atom. The van der Waals surface area contributed by atoms with E-state index in [4.69, 9.17) is 5.11 Å². The number of aromatic amines is 1. The minimum atomic E-state index is -0.0526. The first-order chi connectivity index (χ1) is 13.0. The third-order valence-corrected chi connectivity index (χ3v) is 5.33. The summed E-state index contributed by atoms with van der Waals surface area (Å²) in [5, 5.41) is 9.05. The number of anilines is 1. The molecule has 0 radical (unpaired) electrons. The molecule has 0 atom stereocenters. The molecule has 1 aromatic heterocycles. The van der Waals surface area contributed by atoms with Crippen LogP contribution in [0.4, 0.5) is 5.95 Å². The van der Waals surface area contributed by atoms with Crippen LogP contribution in [0.3, 0.4) is 0 Å². The summed E-state index contributed by atoms with van der Waals surface area (Å²) in [5.41, 5.74) is 3.90. The van der Waals surface area contributed by atoms with Crippen molar-refractivity contribution < 1.29 is 5.11 Å². The van der Waals surface area contributed by atoms with Gasteiger partial charge in [0.1, 0.15) is 0 Å². The van der Waals surface area contributed by atoms with E-state index in [9.17, 15) is 4.79 Å². The maximum Gasteiger partial charge on any atom is 0.256 e. The van der Waals surface area contributed by atoms with Crippen molar-refractivity contribution in [2.75, 3.05) is 44.2 Å². The predicted octanol–water partition coefficient (Wildman–Crippen LogP) is 1.91. The number of piperazine rings is 1. The molecule has 0 unspecified atom stereocenters. The highest BCUT2D eigenvalue weighted by atomic mass is 16.3. The highest BCUT2D eigenvalue weighted by Crippen LogP contribution is 2.17.